The molecular formula is C68H56N4. The molecular weight excluding hydrogens is 873 g/mol. The molecule has 0 aliphatic heterocycles. The fraction of sp³-hybridized carbons (Fsp3) is 0.0882. The van der Waals surface area contributed by atoms with Crippen LogP contribution in [0, 0.1) is 11.8 Å². The number of fused-ring (bicyclic) bond motifs is 3. The van der Waals surface area contributed by atoms with E-state index in [1.54, 1.807) is 0 Å². The van der Waals surface area contributed by atoms with E-state index < -0.39 is 0 Å². The molecule has 4 nitrogen and oxygen atoms in total. The zero-order valence-electron chi connectivity index (χ0n) is 40.8. The van der Waals surface area contributed by atoms with E-state index in [1.807, 2.05) is 0 Å². The van der Waals surface area contributed by atoms with Gasteiger partial charge in [0.25, 0.3) is 0 Å². The van der Waals surface area contributed by atoms with Crippen LogP contribution in [0.3, 0.4) is 0 Å². The summed E-state index contributed by atoms with van der Waals surface area (Å²) in [6, 6.07) is 88.2. The van der Waals surface area contributed by atoms with E-state index in [1.165, 1.54) is 44.1 Å². The molecule has 2 unspecified atom stereocenters. The maximum Gasteiger partial charge on any atom is 0.0468 e. The largest absolute Gasteiger partial charge is 0.314 e. The molecule has 0 amide bonds. The third kappa shape index (κ3) is 8.84. The van der Waals surface area contributed by atoms with E-state index in [4.69, 9.17) is 0 Å². The zero-order valence-corrected chi connectivity index (χ0v) is 40.8. The summed E-state index contributed by atoms with van der Waals surface area (Å²) in [5, 5.41) is 4.90. The van der Waals surface area contributed by atoms with E-state index in [0.29, 0.717) is 5.92 Å². The molecule has 4 heteroatoms. The van der Waals surface area contributed by atoms with E-state index in [0.717, 1.165) is 69.7 Å². The second kappa shape index (κ2) is 19.5. The molecule has 2 atom stereocenters. The molecule has 72 heavy (non-hydrogen) atoms. The van der Waals surface area contributed by atoms with Gasteiger partial charge < -0.3 is 19.6 Å². The first-order chi connectivity index (χ1) is 35.5. The van der Waals surface area contributed by atoms with Gasteiger partial charge in [0.2, 0.25) is 0 Å². The van der Waals surface area contributed by atoms with Gasteiger partial charge in [-0.15, -0.1) is 0 Å². The van der Waals surface area contributed by atoms with Crippen LogP contribution in [-0.4, -0.2) is 0 Å². The average Bonchev–Trinajstić information content (AvgIpc) is 3.43. The van der Waals surface area contributed by atoms with Crippen LogP contribution in [0.1, 0.15) is 31.4 Å². The third-order valence-corrected chi connectivity index (χ3v) is 14.3. The fourth-order valence-electron chi connectivity index (χ4n) is 10.7. The summed E-state index contributed by atoms with van der Waals surface area (Å²) in [5.74, 6) is 0.714. The number of allylic oxidation sites excluding steroid dienone is 5. The van der Waals surface area contributed by atoms with Crippen molar-refractivity contribution < 1.29 is 0 Å². The van der Waals surface area contributed by atoms with Crippen LogP contribution in [0.25, 0.3) is 27.6 Å². The summed E-state index contributed by atoms with van der Waals surface area (Å²) >= 11 is 0. The molecule has 0 bridgehead atoms. The number of rotatable bonds is 12. The standard InChI is InChI=1S/C68H56N4/c1-49-26-27-56-48-66(33-30-55(56)44-49)70(58-22-8-4-9-23-58)61-36-40-63(41-37-61)72(62-38-34-60(35-39-62)69(57-20-6-3-7-21-57)65-31-28-51-16-12-14-18-53(51)46-65)68-43-42-64(45-50(68)2)71(59-24-10-5-11-25-59)67-32-29-52-17-13-15-19-54(52)47-67/h3-43,46-50H,44-45H2,1-2H3. The fourth-order valence-corrected chi connectivity index (χ4v) is 10.7. The second-order valence-electron chi connectivity index (χ2n) is 19.2. The maximum absolute atomic E-state index is 2.47. The van der Waals surface area contributed by atoms with Gasteiger partial charge in [0.1, 0.15) is 0 Å². The van der Waals surface area contributed by atoms with Gasteiger partial charge in [-0.25, -0.2) is 0 Å². The van der Waals surface area contributed by atoms with Crippen molar-refractivity contribution in [3.8, 4) is 0 Å². The number of hydrogen-bond donors (Lipinski definition) is 0. The second-order valence-corrected chi connectivity index (χ2v) is 19.2. The average molecular weight is 929 g/mol. The smallest absolute Gasteiger partial charge is 0.0468 e. The molecule has 12 rings (SSSR count). The summed E-state index contributed by atoms with van der Waals surface area (Å²) in [6.45, 7) is 4.66. The molecule has 0 heterocycles. The summed E-state index contributed by atoms with van der Waals surface area (Å²) in [6.07, 6.45) is 11.2. The van der Waals surface area contributed by atoms with Gasteiger partial charge in [-0.3, -0.25) is 0 Å². The Morgan fingerprint density at radius 2 is 0.708 bits per heavy atom. The molecule has 10 aromatic rings. The highest BCUT2D eigenvalue weighted by atomic mass is 15.2. The molecule has 0 N–H and O–H groups in total. The lowest BCUT2D eigenvalue weighted by Crippen LogP contribution is -2.27. The highest BCUT2D eigenvalue weighted by Gasteiger charge is 2.28. The minimum absolute atomic E-state index is 0.168. The summed E-state index contributed by atoms with van der Waals surface area (Å²) in [5.41, 5.74) is 16.3. The quantitative estimate of drug-likeness (QED) is 0.121. The number of hydrogen-bond acceptors (Lipinski definition) is 4. The minimum atomic E-state index is 0.168. The lowest BCUT2D eigenvalue weighted by atomic mass is 9.90. The van der Waals surface area contributed by atoms with Crippen LogP contribution in [0.5, 0.6) is 0 Å². The summed E-state index contributed by atoms with van der Waals surface area (Å²) in [4.78, 5) is 9.63. The summed E-state index contributed by atoms with van der Waals surface area (Å²) in [7, 11) is 0. The first kappa shape index (κ1) is 44.4. The van der Waals surface area contributed by atoms with Crippen LogP contribution in [0.4, 0.5) is 56.9 Å². The van der Waals surface area contributed by atoms with Crippen molar-refractivity contribution in [2.75, 3.05) is 19.6 Å². The van der Waals surface area contributed by atoms with E-state index in [-0.39, 0.29) is 5.92 Å². The molecule has 0 saturated carbocycles. The number of benzene rings is 10. The number of nitrogens with zero attached hydrogens (tertiary/aromatic N) is 4. The van der Waals surface area contributed by atoms with Crippen LogP contribution in [0.15, 0.2) is 272 Å². The molecule has 0 aromatic heterocycles. The Morgan fingerprint density at radius 3 is 1.21 bits per heavy atom. The minimum Gasteiger partial charge on any atom is -0.314 e. The molecule has 0 radical (unpaired) electrons. The Morgan fingerprint density at radius 1 is 0.319 bits per heavy atom. The molecule has 10 aromatic carbocycles. The first-order valence-corrected chi connectivity index (χ1v) is 25.3. The summed E-state index contributed by atoms with van der Waals surface area (Å²) < 4.78 is 0. The third-order valence-electron chi connectivity index (χ3n) is 14.3. The van der Waals surface area contributed by atoms with Crippen molar-refractivity contribution >= 4 is 84.5 Å². The molecule has 0 saturated heterocycles. The van der Waals surface area contributed by atoms with Crippen LogP contribution >= 0.6 is 0 Å². The maximum atomic E-state index is 2.47. The Kier molecular flexibility index (Phi) is 12.0. The van der Waals surface area contributed by atoms with Gasteiger partial charge in [0.05, 0.1) is 0 Å². The zero-order chi connectivity index (χ0) is 48.4. The topological polar surface area (TPSA) is 13.0 Å². The van der Waals surface area contributed by atoms with Gasteiger partial charge in [0.15, 0.2) is 0 Å². The Bertz CT molecular complexity index is 3620. The highest BCUT2D eigenvalue weighted by molar-refractivity contribution is 5.91. The first-order valence-electron chi connectivity index (χ1n) is 25.3. The molecule has 348 valence electrons. The van der Waals surface area contributed by atoms with Crippen molar-refractivity contribution in [1.29, 1.82) is 0 Å². The van der Waals surface area contributed by atoms with Crippen LogP contribution in [0.2, 0.25) is 0 Å². The number of para-hydroxylation sites is 3. The van der Waals surface area contributed by atoms with Gasteiger partial charge in [-0.05, 0) is 185 Å². The van der Waals surface area contributed by atoms with E-state index >= 15 is 0 Å². The van der Waals surface area contributed by atoms with Crippen LogP contribution in [-0.2, 0) is 6.42 Å². The highest BCUT2D eigenvalue weighted by Crippen LogP contribution is 2.45. The van der Waals surface area contributed by atoms with Gasteiger partial charge in [0, 0.05) is 74.2 Å². The van der Waals surface area contributed by atoms with Crippen molar-refractivity contribution in [1.82, 2.24) is 0 Å². The van der Waals surface area contributed by atoms with Crippen molar-refractivity contribution in [3.63, 3.8) is 0 Å². The Hall–Kier alpha value is -8.86. The van der Waals surface area contributed by atoms with Gasteiger partial charge in [-0.2, -0.15) is 0 Å². The monoisotopic (exact) mass is 928 g/mol. The molecule has 2 aliphatic carbocycles. The van der Waals surface area contributed by atoms with Crippen molar-refractivity contribution in [2.45, 2.75) is 26.7 Å². The van der Waals surface area contributed by atoms with Gasteiger partial charge >= 0.3 is 0 Å². The van der Waals surface area contributed by atoms with Crippen molar-refractivity contribution in [3.05, 3.63) is 283 Å². The van der Waals surface area contributed by atoms with Crippen molar-refractivity contribution in [2.24, 2.45) is 11.8 Å². The Labute approximate surface area is 424 Å². The normalized spacial score (nSPS) is 15.1. The predicted molar refractivity (Wildman–Crippen MR) is 306 cm³/mol. The van der Waals surface area contributed by atoms with E-state index in [9.17, 15) is 0 Å². The lowest BCUT2D eigenvalue weighted by molar-refractivity contribution is 0.640. The number of anilines is 10. The molecule has 0 fully saturated rings. The SMILES string of the molecule is CC1C=Cc2cc(N(c3ccccc3)c3ccc(N(C4=CC=C(N(c5ccccc5)c5ccc6ccccc6c5)CC4C)c4ccc(N(c5ccccc5)c5ccc6ccccc6c5)cc4)cc3)ccc2C1. The van der Waals surface area contributed by atoms with Crippen LogP contribution < -0.4 is 19.6 Å². The van der Waals surface area contributed by atoms with E-state index in [2.05, 4.69) is 300 Å². The Balaban J connectivity index is 0.965. The molecule has 0 spiro atoms. The van der Waals surface area contributed by atoms with Gasteiger partial charge in [-0.1, -0.05) is 147 Å². The molecule has 2 aliphatic rings. The predicted octanol–water partition coefficient (Wildman–Crippen LogP) is 18.9. The lowest BCUT2D eigenvalue weighted by Gasteiger charge is -2.37.